The normalized spacial score (nSPS) is 11.8. The van der Waals surface area contributed by atoms with Gasteiger partial charge in [-0.25, -0.2) is 0 Å². The van der Waals surface area contributed by atoms with Gasteiger partial charge in [-0.3, -0.25) is 0 Å². The van der Waals surface area contributed by atoms with Crippen molar-refractivity contribution in [3.05, 3.63) is 152 Å². The van der Waals surface area contributed by atoms with Crippen molar-refractivity contribution in [3.8, 4) is 0 Å². The molecule has 166 valence electrons. The summed E-state index contributed by atoms with van der Waals surface area (Å²) in [5, 5.41) is 4.17. The summed E-state index contributed by atoms with van der Waals surface area (Å²) in [4.78, 5) is 0. The molecule has 5 rings (SSSR count). The summed E-state index contributed by atoms with van der Waals surface area (Å²) in [5.74, 6) is 0. The summed E-state index contributed by atoms with van der Waals surface area (Å²) in [6.07, 6.45) is 0. The SMILES string of the molecule is S=[As](S[Si](c1ccccc1)(c1ccccc1)c1ccccc1)(c1ccccc1)c1ccccc1. The number of rotatable bonds is 7. The van der Waals surface area contributed by atoms with Crippen LogP contribution in [-0.4, -0.2) is 17.9 Å². The first-order chi connectivity index (χ1) is 16.7. The second-order valence-corrected chi connectivity index (χ2v) is 28.6. The Hall–Kier alpha value is -2.55. The van der Waals surface area contributed by atoms with Crippen LogP contribution in [0.1, 0.15) is 0 Å². The minimum atomic E-state index is -3.09. The number of benzene rings is 5. The molecule has 0 radical (unpaired) electrons. The van der Waals surface area contributed by atoms with Crippen LogP contribution in [0.25, 0.3) is 0 Å². The molecule has 0 aliphatic carbocycles. The summed E-state index contributed by atoms with van der Waals surface area (Å²) >= 11 is 0. The molecule has 0 bridgehead atoms. The molecule has 0 amide bonds. The zero-order valence-corrected chi connectivity index (χ0v) is 23.2. The van der Waals surface area contributed by atoms with Gasteiger partial charge in [0.1, 0.15) is 0 Å². The average Bonchev–Trinajstić information content (AvgIpc) is 2.94. The van der Waals surface area contributed by atoms with Gasteiger partial charge < -0.3 is 0 Å². The predicted octanol–water partition coefficient (Wildman–Crippen LogP) is 4.84. The minimum absolute atomic E-state index is 1.31. The Labute approximate surface area is 212 Å². The van der Waals surface area contributed by atoms with Crippen LogP contribution in [-0.2, 0) is 0 Å². The molecule has 4 heteroatoms. The van der Waals surface area contributed by atoms with Gasteiger partial charge in [-0.15, -0.1) is 0 Å². The average molecular weight is 553 g/mol. The third-order valence-electron chi connectivity index (χ3n) is 6.00. The van der Waals surface area contributed by atoms with E-state index in [2.05, 4.69) is 161 Å². The van der Waals surface area contributed by atoms with Gasteiger partial charge in [0.25, 0.3) is 0 Å². The van der Waals surface area contributed by atoms with Crippen LogP contribution < -0.4 is 24.3 Å². The fourth-order valence-corrected chi connectivity index (χ4v) is 40.2. The Morgan fingerprint density at radius 1 is 0.412 bits per heavy atom. The maximum absolute atomic E-state index is 6.85. The van der Waals surface area contributed by atoms with Crippen molar-refractivity contribution in [3.63, 3.8) is 0 Å². The van der Waals surface area contributed by atoms with Crippen molar-refractivity contribution in [2.75, 3.05) is 0 Å². The zero-order valence-electron chi connectivity index (χ0n) is 18.7. The van der Waals surface area contributed by atoms with E-state index in [0.29, 0.717) is 0 Å². The van der Waals surface area contributed by atoms with Crippen LogP contribution in [0.4, 0.5) is 0 Å². The fraction of sp³-hybridized carbons (Fsp3) is 0. The Balaban J connectivity index is 1.84. The van der Waals surface area contributed by atoms with Crippen molar-refractivity contribution >= 4 is 62.1 Å². The van der Waals surface area contributed by atoms with Crippen LogP contribution in [0.5, 0.6) is 0 Å². The van der Waals surface area contributed by atoms with E-state index in [4.69, 9.17) is 10.4 Å². The van der Waals surface area contributed by atoms with Crippen molar-refractivity contribution in [1.82, 2.24) is 0 Å². The van der Waals surface area contributed by atoms with E-state index in [0.717, 1.165) is 0 Å². The van der Waals surface area contributed by atoms with Gasteiger partial charge in [-0.05, 0) is 0 Å². The van der Waals surface area contributed by atoms with Crippen molar-refractivity contribution in [2.24, 2.45) is 0 Å². The number of hydrogen-bond acceptors (Lipinski definition) is 2. The summed E-state index contributed by atoms with van der Waals surface area (Å²) in [6.45, 7) is 0. The standard InChI is InChI=1S/C30H25AsS2Si/c32-31(26-16-6-1-7-17-26,27-18-8-2-9-19-27)33-34(28-20-10-3-11-21-28,29-22-12-4-13-23-29)30-24-14-5-15-25-30/h1-25H. The number of hydrogen-bond donors (Lipinski definition) is 0. The van der Waals surface area contributed by atoms with Crippen molar-refractivity contribution < 1.29 is 0 Å². The van der Waals surface area contributed by atoms with Crippen LogP contribution in [0, 0.1) is 0 Å². The van der Waals surface area contributed by atoms with E-state index in [1.54, 1.807) is 0 Å². The molecule has 0 aliphatic heterocycles. The first-order valence-corrected chi connectivity index (χ1v) is 21.7. The van der Waals surface area contributed by atoms with Gasteiger partial charge in [0.2, 0.25) is 0 Å². The molecule has 5 aromatic rings. The van der Waals surface area contributed by atoms with Crippen molar-refractivity contribution in [2.45, 2.75) is 0 Å². The topological polar surface area (TPSA) is 0 Å². The van der Waals surface area contributed by atoms with Gasteiger partial charge in [0.05, 0.1) is 0 Å². The molecule has 0 atom stereocenters. The third-order valence-corrected chi connectivity index (χ3v) is 35.7. The van der Waals surface area contributed by atoms with E-state index in [9.17, 15) is 0 Å². The Morgan fingerprint density at radius 2 is 0.676 bits per heavy atom. The molecule has 0 aromatic heterocycles. The van der Waals surface area contributed by atoms with Crippen LogP contribution >= 0.6 is 19.9 Å². The molecule has 0 saturated carbocycles. The molecule has 0 saturated heterocycles. The van der Waals surface area contributed by atoms with E-state index in [-0.39, 0.29) is 0 Å². The molecule has 0 spiro atoms. The second kappa shape index (κ2) is 10.4. The fourth-order valence-electron chi connectivity index (χ4n) is 4.37. The quantitative estimate of drug-likeness (QED) is 0.209. The first kappa shape index (κ1) is 23.2. The Morgan fingerprint density at radius 3 is 0.971 bits per heavy atom. The van der Waals surface area contributed by atoms with E-state index in [1.165, 1.54) is 24.3 Å². The third kappa shape index (κ3) is 4.42. The molecular weight excluding hydrogens is 527 g/mol. The summed E-state index contributed by atoms with van der Waals surface area (Å²) in [5.41, 5.74) is 0. The molecule has 34 heavy (non-hydrogen) atoms. The second-order valence-electron chi connectivity index (χ2n) is 8.09. The summed E-state index contributed by atoms with van der Waals surface area (Å²) in [6, 6.07) is 54.9. The van der Waals surface area contributed by atoms with Crippen LogP contribution in [0.15, 0.2) is 152 Å². The van der Waals surface area contributed by atoms with Crippen LogP contribution in [0.2, 0.25) is 0 Å². The summed E-state index contributed by atoms with van der Waals surface area (Å²) < 4.78 is 2.62. The van der Waals surface area contributed by atoms with E-state index >= 15 is 0 Å². The predicted molar refractivity (Wildman–Crippen MR) is 157 cm³/mol. The van der Waals surface area contributed by atoms with Crippen LogP contribution in [0.3, 0.4) is 0 Å². The Kier molecular flexibility index (Phi) is 7.08. The van der Waals surface area contributed by atoms with E-state index in [1.807, 2.05) is 0 Å². The van der Waals surface area contributed by atoms with Crippen molar-refractivity contribution in [1.29, 1.82) is 0 Å². The molecule has 0 fully saturated rings. The molecule has 0 N–H and O–H groups in total. The zero-order chi connectivity index (χ0) is 23.3. The molecular formula is C30H25AsS2Si. The molecule has 0 heterocycles. The van der Waals surface area contributed by atoms with Gasteiger partial charge in [0.15, 0.2) is 0 Å². The molecule has 0 unspecified atom stereocenters. The molecule has 0 nitrogen and oxygen atoms in total. The van der Waals surface area contributed by atoms with Gasteiger partial charge in [-0.1, -0.05) is 0 Å². The van der Waals surface area contributed by atoms with Gasteiger partial charge >= 0.3 is 214 Å². The van der Waals surface area contributed by atoms with Gasteiger partial charge in [0, 0.05) is 0 Å². The first-order valence-electron chi connectivity index (χ1n) is 11.3. The monoisotopic (exact) mass is 552 g/mol. The van der Waals surface area contributed by atoms with E-state index < -0.39 is 17.9 Å². The van der Waals surface area contributed by atoms with Gasteiger partial charge in [-0.2, -0.15) is 0 Å². The molecule has 5 aromatic carbocycles. The Bertz CT molecular complexity index is 1240. The summed E-state index contributed by atoms with van der Waals surface area (Å²) in [7, 11) is 3.36. The molecule has 0 aliphatic rings. The maximum atomic E-state index is 6.85.